The monoisotopic (exact) mass is 481 g/mol. The maximum absolute atomic E-state index is 13.6. The second-order valence-electron chi connectivity index (χ2n) is 9.01. The van der Waals surface area contributed by atoms with E-state index < -0.39 is 0 Å². The van der Waals surface area contributed by atoms with Gasteiger partial charge in [-0.15, -0.1) is 0 Å². The van der Waals surface area contributed by atoms with Crippen molar-refractivity contribution in [2.75, 3.05) is 18.4 Å². The lowest BCUT2D eigenvalue weighted by Gasteiger charge is -2.32. The highest BCUT2D eigenvalue weighted by Crippen LogP contribution is 2.22. The van der Waals surface area contributed by atoms with Crippen LogP contribution in [-0.4, -0.2) is 39.9 Å². The van der Waals surface area contributed by atoms with Crippen LogP contribution < -0.4 is 10.6 Å². The van der Waals surface area contributed by atoms with Gasteiger partial charge in [0.15, 0.2) is 0 Å². The fourth-order valence-corrected chi connectivity index (χ4v) is 4.46. The van der Waals surface area contributed by atoms with Crippen LogP contribution in [0.1, 0.15) is 28.8 Å². The van der Waals surface area contributed by atoms with Crippen molar-refractivity contribution < 1.29 is 9.18 Å². The Bertz CT molecular complexity index is 1320. The summed E-state index contributed by atoms with van der Waals surface area (Å²) in [6.07, 6.45) is 3.30. The van der Waals surface area contributed by atoms with Crippen molar-refractivity contribution in [3.05, 3.63) is 108 Å². The summed E-state index contributed by atoms with van der Waals surface area (Å²) in [5.41, 5.74) is 3.93. The number of nitrogens with zero attached hydrogens (tertiary/aromatic N) is 3. The molecular weight excluding hydrogens is 453 g/mol. The molecule has 3 aromatic carbocycles. The van der Waals surface area contributed by atoms with E-state index in [1.54, 1.807) is 18.2 Å². The van der Waals surface area contributed by atoms with Gasteiger partial charge in [-0.3, -0.25) is 9.69 Å². The van der Waals surface area contributed by atoms with E-state index in [0.717, 1.165) is 38.2 Å². The van der Waals surface area contributed by atoms with Gasteiger partial charge < -0.3 is 10.6 Å². The summed E-state index contributed by atoms with van der Waals surface area (Å²) in [6.45, 7) is 2.87. The summed E-state index contributed by atoms with van der Waals surface area (Å²) < 4.78 is 13.6. The molecule has 0 bridgehead atoms. The molecule has 36 heavy (non-hydrogen) atoms. The molecule has 1 saturated heterocycles. The maximum atomic E-state index is 13.6. The van der Waals surface area contributed by atoms with E-state index in [-0.39, 0.29) is 17.8 Å². The lowest BCUT2D eigenvalue weighted by atomic mass is 10.0. The van der Waals surface area contributed by atoms with E-state index in [1.165, 1.54) is 24.0 Å². The molecular formula is C29H28FN5O. The van der Waals surface area contributed by atoms with Gasteiger partial charge in [-0.05, 0) is 48.7 Å². The standard InChI is InChI=1S/C29H28FN5O/c30-24-10-4-8-22(16-24)27-18-28(32-20-31-27)33-26-11-5-9-23(17-26)29(36)34-25-12-14-35(15-13-25)19-21-6-2-1-3-7-21/h1-11,16-18,20,25H,12-15,19H2,(H,34,36)(H,31,32,33). The van der Waals surface area contributed by atoms with Crippen molar-refractivity contribution in [2.45, 2.75) is 25.4 Å². The van der Waals surface area contributed by atoms with Crippen LogP contribution in [0.3, 0.4) is 0 Å². The number of hydrogen-bond acceptors (Lipinski definition) is 5. The third kappa shape index (κ3) is 6.12. The molecule has 1 amide bonds. The maximum Gasteiger partial charge on any atom is 0.251 e. The van der Waals surface area contributed by atoms with Gasteiger partial charge in [-0.1, -0.05) is 48.5 Å². The fourth-order valence-electron chi connectivity index (χ4n) is 4.46. The Morgan fingerprint density at radius 1 is 0.917 bits per heavy atom. The van der Waals surface area contributed by atoms with E-state index in [9.17, 15) is 9.18 Å². The fraction of sp³-hybridized carbons (Fsp3) is 0.207. The Labute approximate surface area is 210 Å². The highest BCUT2D eigenvalue weighted by molar-refractivity contribution is 5.95. The largest absolute Gasteiger partial charge is 0.349 e. The van der Waals surface area contributed by atoms with Gasteiger partial charge in [0.2, 0.25) is 0 Å². The van der Waals surface area contributed by atoms with Crippen molar-refractivity contribution in [3.63, 3.8) is 0 Å². The van der Waals surface area contributed by atoms with E-state index in [1.807, 2.05) is 30.3 Å². The molecule has 182 valence electrons. The summed E-state index contributed by atoms with van der Waals surface area (Å²) in [5.74, 6) is 0.164. The Kier molecular flexibility index (Phi) is 7.28. The number of likely N-dealkylation sites (tertiary alicyclic amines) is 1. The molecule has 1 fully saturated rings. The predicted molar refractivity (Wildman–Crippen MR) is 139 cm³/mol. The van der Waals surface area contributed by atoms with Crippen molar-refractivity contribution in [2.24, 2.45) is 0 Å². The first-order valence-corrected chi connectivity index (χ1v) is 12.1. The van der Waals surface area contributed by atoms with Gasteiger partial charge in [0.25, 0.3) is 5.91 Å². The van der Waals surface area contributed by atoms with E-state index in [4.69, 9.17) is 0 Å². The zero-order chi connectivity index (χ0) is 24.7. The first kappa shape index (κ1) is 23.6. The molecule has 1 aromatic heterocycles. The van der Waals surface area contributed by atoms with Crippen LogP contribution in [0.15, 0.2) is 91.3 Å². The number of piperidine rings is 1. The Morgan fingerprint density at radius 2 is 1.72 bits per heavy atom. The second-order valence-corrected chi connectivity index (χ2v) is 9.01. The number of hydrogen-bond donors (Lipinski definition) is 2. The Hall–Kier alpha value is -4.10. The number of rotatable bonds is 7. The van der Waals surface area contributed by atoms with Gasteiger partial charge in [0, 0.05) is 48.6 Å². The number of carbonyl (C=O) groups excluding carboxylic acids is 1. The van der Waals surface area contributed by atoms with Gasteiger partial charge in [0.05, 0.1) is 5.69 Å². The quantitative estimate of drug-likeness (QED) is 0.369. The average Bonchev–Trinajstić information content (AvgIpc) is 2.91. The summed E-state index contributed by atoms with van der Waals surface area (Å²) in [4.78, 5) is 23.9. The van der Waals surface area contributed by atoms with Crippen LogP contribution >= 0.6 is 0 Å². The molecule has 6 nitrogen and oxygen atoms in total. The molecule has 0 unspecified atom stereocenters. The number of aromatic nitrogens is 2. The summed E-state index contributed by atoms with van der Waals surface area (Å²) in [7, 11) is 0. The van der Waals surface area contributed by atoms with E-state index in [2.05, 4.69) is 49.8 Å². The van der Waals surface area contributed by atoms with Gasteiger partial charge in [-0.25, -0.2) is 14.4 Å². The Morgan fingerprint density at radius 3 is 2.53 bits per heavy atom. The zero-order valence-electron chi connectivity index (χ0n) is 19.9. The van der Waals surface area contributed by atoms with Gasteiger partial charge in [-0.2, -0.15) is 0 Å². The minimum atomic E-state index is -0.318. The molecule has 0 atom stereocenters. The molecule has 1 aliphatic heterocycles. The third-order valence-electron chi connectivity index (χ3n) is 6.36. The predicted octanol–water partition coefficient (Wildman–Crippen LogP) is 5.42. The van der Waals surface area contributed by atoms with Crippen LogP contribution in [0.5, 0.6) is 0 Å². The van der Waals surface area contributed by atoms with E-state index in [0.29, 0.717) is 22.6 Å². The minimum absolute atomic E-state index is 0.0803. The highest BCUT2D eigenvalue weighted by atomic mass is 19.1. The number of halogens is 1. The normalized spacial score (nSPS) is 14.4. The minimum Gasteiger partial charge on any atom is -0.349 e. The first-order chi connectivity index (χ1) is 17.6. The lowest BCUT2D eigenvalue weighted by Crippen LogP contribution is -2.44. The molecule has 2 heterocycles. The average molecular weight is 482 g/mol. The molecule has 2 N–H and O–H groups in total. The first-order valence-electron chi connectivity index (χ1n) is 12.1. The zero-order valence-corrected chi connectivity index (χ0v) is 19.9. The summed E-state index contributed by atoms with van der Waals surface area (Å²) in [6, 6.07) is 26.0. The molecule has 0 saturated carbocycles. The van der Waals surface area contributed by atoms with Crippen molar-refractivity contribution in [1.82, 2.24) is 20.2 Å². The van der Waals surface area contributed by atoms with Gasteiger partial charge in [0.1, 0.15) is 18.0 Å². The van der Waals surface area contributed by atoms with E-state index >= 15 is 0 Å². The highest BCUT2D eigenvalue weighted by Gasteiger charge is 2.21. The Balaban J connectivity index is 1.18. The number of anilines is 2. The van der Waals surface area contributed by atoms with Crippen molar-refractivity contribution in [3.8, 4) is 11.3 Å². The van der Waals surface area contributed by atoms with Crippen LogP contribution in [0.4, 0.5) is 15.9 Å². The number of nitrogens with one attached hydrogen (secondary N) is 2. The van der Waals surface area contributed by atoms with Crippen molar-refractivity contribution in [1.29, 1.82) is 0 Å². The number of amides is 1. The molecule has 1 aliphatic rings. The SMILES string of the molecule is O=C(NC1CCN(Cc2ccccc2)CC1)c1cccc(Nc2cc(-c3cccc(F)c3)ncn2)c1. The molecule has 5 rings (SSSR count). The lowest BCUT2D eigenvalue weighted by molar-refractivity contribution is 0.0909. The topological polar surface area (TPSA) is 70.2 Å². The van der Waals surface area contributed by atoms with Crippen LogP contribution in [0.25, 0.3) is 11.3 Å². The molecule has 0 aliphatic carbocycles. The molecule has 0 radical (unpaired) electrons. The molecule has 7 heteroatoms. The van der Waals surface area contributed by atoms with Crippen LogP contribution in [-0.2, 0) is 6.54 Å². The number of carbonyl (C=O) groups is 1. The van der Waals surface area contributed by atoms with Crippen molar-refractivity contribution >= 4 is 17.4 Å². The van der Waals surface area contributed by atoms with Gasteiger partial charge >= 0.3 is 0 Å². The number of benzene rings is 3. The van der Waals surface area contributed by atoms with Crippen LogP contribution in [0.2, 0.25) is 0 Å². The third-order valence-corrected chi connectivity index (χ3v) is 6.36. The summed E-state index contributed by atoms with van der Waals surface area (Å²) >= 11 is 0. The smallest absolute Gasteiger partial charge is 0.251 e. The molecule has 0 spiro atoms. The molecule has 4 aromatic rings. The van der Waals surface area contributed by atoms with Crippen LogP contribution in [0, 0.1) is 5.82 Å². The second kappa shape index (κ2) is 11.1. The summed E-state index contributed by atoms with van der Waals surface area (Å²) in [5, 5.41) is 6.42.